The lowest BCUT2D eigenvalue weighted by Crippen LogP contribution is -2.28. The van der Waals surface area contributed by atoms with E-state index in [1.54, 1.807) is 6.92 Å². The lowest BCUT2D eigenvalue weighted by atomic mass is 10.4. The van der Waals surface area contributed by atoms with Crippen LogP contribution in [-0.2, 0) is 28.2 Å². The van der Waals surface area contributed by atoms with Crippen LogP contribution in [0.3, 0.4) is 0 Å². The van der Waals surface area contributed by atoms with Gasteiger partial charge >= 0.3 is 11.9 Å². The molecule has 0 fully saturated rings. The largest absolute Gasteiger partial charge is 0.521 e. The van der Waals surface area contributed by atoms with E-state index >= 15 is 0 Å². The van der Waals surface area contributed by atoms with Gasteiger partial charge in [-0.3, -0.25) is 0 Å². The molecule has 18 heavy (non-hydrogen) atoms. The molecular weight excluding hydrogens is 256 g/mol. The third-order valence-corrected chi connectivity index (χ3v) is 3.26. The number of esters is 1. The van der Waals surface area contributed by atoms with Crippen LogP contribution in [0.15, 0.2) is 12.2 Å². The number of methoxy groups -OCH3 is 2. The molecule has 0 N–H and O–H groups in total. The zero-order valence-corrected chi connectivity index (χ0v) is 12.5. The van der Waals surface area contributed by atoms with Crippen LogP contribution in [0, 0.1) is 0 Å². The van der Waals surface area contributed by atoms with E-state index < -0.39 is 28.0 Å². The molecule has 6 nitrogen and oxygen atoms in total. The highest BCUT2D eigenvalue weighted by Gasteiger charge is 2.17. The van der Waals surface area contributed by atoms with Gasteiger partial charge in [0.05, 0.1) is 6.61 Å². The molecule has 0 rings (SSSR count). The van der Waals surface area contributed by atoms with Crippen LogP contribution >= 0.6 is 0 Å². The fraction of sp³-hybridized carbons (Fsp3) is 0.636. The van der Waals surface area contributed by atoms with E-state index in [1.165, 1.54) is 14.2 Å². The Morgan fingerprint density at radius 2 is 1.89 bits per heavy atom. The van der Waals surface area contributed by atoms with Crippen molar-refractivity contribution in [3.8, 4) is 0 Å². The first-order chi connectivity index (χ1) is 8.52. The molecule has 0 bridgehead atoms. The second-order valence-electron chi connectivity index (χ2n) is 3.59. The highest BCUT2D eigenvalue weighted by molar-refractivity contribution is 6.30. The molecule has 0 unspecified atom stereocenters. The fourth-order valence-corrected chi connectivity index (χ4v) is 1.91. The molecule has 0 amide bonds. The molecule has 7 heteroatoms. The van der Waals surface area contributed by atoms with Gasteiger partial charge in [0.25, 0.3) is 6.29 Å². The van der Waals surface area contributed by atoms with Crippen LogP contribution in [0.25, 0.3) is 0 Å². The molecule has 0 aromatic heterocycles. The van der Waals surface area contributed by atoms with E-state index in [0.29, 0.717) is 18.6 Å². The molecule has 0 saturated heterocycles. The van der Waals surface area contributed by atoms with Crippen LogP contribution in [0.1, 0.15) is 13.3 Å². The van der Waals surface area contributed by atoms with E-state index in [2.05, 4.69) is 6.58 Å². The zero-order chi connectivity index (χ0) is 14.0. The van der Waals surface area contributed by atoms with Crippen LogP contribution < -0.4 is 0 Å². The Morgan fingerprint density at radius 3 is 2.39 bits per heavy atom. The summed E-state index contributed by atoms with van der Waals surface area (Å²) in [5, 5.41) is 0. The van der Waals surface area contributed by atoms with Gasteiger partial charge in [0, 0.05) is 19.8 Å². The standard InChI is InChI=1S/C11H20O6Si/c1-8(2)9(12)16-6-5-7-18-17-10(13)11(14-3)15-4/h11H,1,5-7,18H2,2-4H3. The van der Waals surface area contributed by atoms with Crippen molar-refractivity contribution in [2.24, 2.45) is 0 Å². The number of carbonyl (C=O) groups excluding carboxylic acids is 2. The number of ether oxygens (including phenoxy) is 3. The smallest absolute Gasteiger partial charge is 0.349 e. The Labute approximate surface area is 109 Å². The summed E-state index contributed by atoms with van der Waals surface area (Å²) in [5.74, 6) is -0.905. The number of carbonyl (C=O) groups is 2. The minimum absolute atomic E-state index is 0.314. The Bertz CT molecular complexity index is 287. The maximum atomic E-state index is 11.3. The highest BCUT2D eigenvalue weighted by Crippen LogP contribution is 1.98. The van der Waals surface area contributed by atoms with Crippen molar-refractivity contribution in [1.29, 1.82) is 0 Å². The summed E-state index contributed by atoms with van der Waals surface area (Å²) in [4.78, 5) is 22.3. The monoisotopic (exact) mass is 276 g/mol. The Hall–Kier alpha value is -1.18. The summed E-state index contributed by atoms with van der Waals surface area (Å²) in [7, 11) is 1.75. The maximum Gasteiger partial charge on any atom is 0.349 e. The summed E-state index contributed by atoms with van der Waals surface area (Å²) >= 11 is 0. The average molecular weight is 276 g/mol. The first-order valence-electron chi connectivity index (χ1n) is 5.57. The molecule has 0 aliphatic heterocycles. The molecule has 0 spiro atoms. The average Bonchev–Trinajstić information content (AvgIpc) is 2.34. The molecule has 0 aliphatic rings. The van der Waals surface area contributed by atoms with Crippen molar-refractivity contribution in [1.82, 2.24) is 0 Å². The highest BCUT2D eigenvalue weighted by atomic mass is 28.2. The van der Waals surface area contributed by atoms with Crippen molar-refractivity contribution in [3.05, 3.63) is 12.2 Å². The van der Waals surface area contributed by atoms with Crippen LogP contribution in [0.5, 0.6) is 0 Å². The molecule has 104 valence electrons. The van der Waals surface area contributed by atoms with Gasteiger partial charge in [-0.05, 0) is 19.4 Å². The Balaban J connectivity index is 3.54. The summed E-state index contributed by atoms with van der Waals surface area (Å²) < 4.78 is 19.4. The predicted molar refractivity (Wildman–Crippen MR) is 67.6 cm³/mol. The topological polar surface area (TPSA) is 71.1 Å². The molecule has 0 saturated carbocycles. The van der Waals surface area contributed by atoms with Gasteiger partial charge in [0.15, 0.2) is 0 Å². The van der Waals surface area contributed by atoms with Gasteiger partial charge < -0.3 is 18.6 Å². The Morgan fingerprint density at radius 1 is 1.28 bits per heavy atom. The van der Waals surface area contributed by atoms with Gasteiger partial charge in [-0.2, -0.15) is 0 Å². The minimum atomic E-state index is -0.985. The normalized spacial score (nSPS) is 10.9. The van der Waals surface area contributed by atoms with E-state index in [4.69, 9.17) is 18.6 Å². The van der Waals surface area contributed by atoms with Crippen LogP contribution in [0.2, 0.25) is 6.04 Å². The molecule has 0 atom stereocenters. The molecule has 0 radical (unpaired) electrons. The van der Waals surface area contributed by atoms with Gasteiger partial charge in [-0.15, -0.1) is 0 Å². The van der Waals surface area contributed by atoms with Crippen molar-refractivity contribution in [2.45, 2.75) is 25.7 Å². The van der Waals surface area contributed by atoms with Gasteiger partial charge in [0.1, 0.15) is 0 Å². The number of rotatable bonds is 9. The third kappa shape index (κ3) is 7.20. The number of hydrogen-bond acceptors (Lipinski definition) is 6. The Kier molecular flexibility index (Phi) is 9.16. The fourth-order valence-electron chi connectivity index (χ4n) is 1.02. The van der Waals surface area contributed by atoms with E-state index in [0.717, 1.165) is 6.04 Å². The molecular formula is C11H20O6Si. The van der Waals surface area contributed by atoms with Gasteiger partial charge in [-0.25, -0.2) is 9.59 Å². The minimum Gasteiger partial charge on any atom is -0.521 e. The van der Waals surface area contributed by atoms with E-state index in [1.807, 2.05) is 0 Å². The lowest BCUT2D eigenvalue weighted by Gasteiger charge is -2.12. The first-order valence-corrected chi connectivity index (χ1v) is 7.15. The molecule has 0 aliphatic carbocycles. The molecule has 0 aromatic carbocycles. The third-order valence-electron chi connectivity index (χ3n) is 1.99. The van der Waals surface area contributed by atoms with Crippen LogP contribution in [-0.4, -0.2) is 48.8 Å². The summed E-state index contributed by atoms with van der Waals surface area (Å²) in [5.41, 5.74) is 0.377. The summed E-state index contributed by atoms with van der Waals surface area (Å²) in [6.45, 7) is 5.37. The zero-order valence-electron chi connectivity index (χ0n) is 11.1. The SMILES string of the molecule is C=C(C)C(=O)OCCC[SiH2]OC(=O)C(OC)OC. The van der Waals surface area contributed by atoms with E-state index in [-0.39, 0.29) is 0 Å². The molecule has 0 aromatic rings. The lowest BCUT2D eigenvalue weighted by molar-refractivity contribution is -0.174. The second kappa shape index (κ2) is 9.81. The number of hydrogen-bond donors (Lipinski definition) is 0. The van der Waals surface area contributed by atoms with Crippen molar-refractivity contribution in [2.75, 3.05) is 20.8 Å². The quantitative estimate of drug-likeness (QED) is 0.196. The van der Waals surface area contributed by atoms with Gasteiger partial charge in [-0.1, -0.05) is 6.58 Å². The maximum absolute atomic E-state index is 11.3. The van der Waals surface area contributed by atoms with Crippen molar-refractivity contribution in [3.63, 3.8) is 0 Å². The van der Waals surface area contributed by atoms with Crippen molar-refractivity contribution >= 4 is 21.7 Å². The second-order valence-corrected chi connectivity index (χ2v) is 5.00. The van der Waals surface area contributed by atoms with Crippen molar-refractivity contribution < 1.29 is 28.2 Å². The van der Waals surface area contributed by atoms with Gasteiger partial charge in [0.2, 0.25) is 9.76 Å². The first kappa shape index (κ1) is 16.8. The molecule has 0 heterocycles. The van der Waals surface area contributed by atoms with E-state index in [9.17, 15) is 9.59 Å². The van der Waals surface area contributed by atoms with Crippen LogP contribution in [0.4, 0.5) is 0 Å². The summed E-state index contributed by atoms with van der Waals surface area (Å²) in [6, 6.07) is 0.732. The summed E-state index contributed by atoms with van der Waals surface area (Å²) in [6.07, 6.45) is -0.290. The predicted octanol–water partition coefficient (Wildman–Crippen LogP) is 0.160.